The van der Waals surface area contributed by atoms with Crippen LogP contribution in [-0.2, 0) is 0 Å². The van der Waals surface area contributed by atoms with E-state index in [2.05, 4.69) is 0 Å². The number of rotatable bonds is 0. The maximum atomic E-state index is 6.02. The Balaban J connectivity index is 2.30. The summed E-state index contributed by atoms with van der Waals surface area (Å²) in [6.45, 7) is 0. The van der Waals surface area contributed by atoms with Gasteiger partial charge in [-0.2, -0.15) is 0 Å². The van der Waals surface area contributed by atoms with E-state index >= 15 is 0 Å². The Morgan fingerprint density at radius 3 is 0.867 bits per heavy atom. The van der Waals surface area contributed by atoms with Gasteiger partial charge in [0, 0.05) is 0 Å². The van der Waals surface area contributed by atoms with Crippen LogP contribution in [0.2, 0.25) is 17.5 Å². The summed E-state index contributed by atoms with van der Waals surface area (Å²) >= 11 is 0. The van der Waals surface area contributed by atoms with Gasteiger partial charge in [-0.3, -0.25) is 0 Å². The minimum absolute atomic E-state index is 0.365. The Hall–Kier alpha value is 0.195. The Kier molecular flexibility index (Phi) is 6.60. The smallest absolute Gasteiger partial charge is 0.0699 e. The van der Waals surface area contributed by atoms with Gasteiger partial charge in [-0.15, -0.1) is 0 Å². The third-order valence-electron chi connectivity index (χ3n) is 3.45. The zero-order valence-electron chi connectivity index (χ0n) is 9.83. The summed E-state index contributed by atoms with van der Waals surface area (Å²) in [6, 6.07) is 0. The zero-order valence-corrected chi connectivity index (χ0v) is 9.83. The second-order valence-corrected chi connectivity index (χ2v) is 5.07. The quantitative estimate of drug-likeness (QED) is 0.523. The van der Waals surface area contributed by atoms with Crippen molar-refractivity contribution in [3.05, 3.63) is 0 Å². The largest absolute Gasteiger partial charge is 0.0774 e. The normalized spacial score (nSPS) is 36.4. The molecule has 1 rings (SSSR count). The zero-order chi connectivity index (χ0) is 11.1. The van der Waals surface area contributed by atoms with Crippen LogP contribution in [0.1, 0.15) is 57.8 Å². The van der Waals surface area contributed by atoms with Crippen LogP contribution >= 0.6 is 0 Å². The molecule has 0 aromatic heterocycles. The molecule has 15 heavy (non-hydrogen) atoms. The highest BCUT2D eigenvalue weighted by atomic mass is 14.1. The van der Waals surface area contributed by atoms with E-state index in [0.29, 0.717) is 17.5 Å². The molecule has 0 amide bonds. The van der Waals surface area contributed by atoms with Crippen LogP contribution < -0.4 is 0 Å². The molecular weight excluding hydrogens is 177 g/mol. The van der Waals surface area contributed by atoms with Crippen molar-refractivity contribution in [1.82, 2.24) is 0 Å². The minimum Gasteiger partial charge on any atom is -0.0774 e. The van der Waals surface area contributed by atoms with Gasteiger partial charge >= 0.3 is 0 Å². The maximum Gasteiger partial charge on any atom is 0.0699 e. The second kappa shape index (κ2) is 7.47. The molecule has 0 atom stereocenters. The van der Waals surface area contributed by atoms with Crippen molar-refractivity contribution >= 4 is 23.5 Å². The summed E-state index contributed by atoms with van der Waals surface area (Å²) < 4.78 is 0. The van der Waals surface area contributed by atoms with Crippen molar-refractivity contribution in [1.29, 1.82) is 0 Å². The van der Waals surface area contributed by atoms with Crippen LogP contribution in [0.3, 0.4) is 0 Å². The molecule has 0 nitrogen and oxygen atoms in total. The van der Waals surface area contributed by atoms with E-state index in [0.717, 1.165) is 38.5 Å². The van der Waals surface area contributed by atoms with Gasteiger partial charge in [0.1, 0.15) is 0 Å². The van der Waals surface area contributed by atoms with E-state index in [9.17, 15) is 0 Å². The first-order valence-electron chi connectivity index (χ1n) is 6.45. The highest BCUT2D eigenvalue weighted by Gasteiger charge is 2.09. The molecule has 1 aliphatic carbocycles. The average molecular weight is 198 g/mol. The molecule has 0 aromatic rings. The van der Waals surface area contributed by atoms with E-state index in [1.807, 2.05) is 0 Å². The van der Waals surface area contributed by atoms with Crippen LogP contribution in [0.25, 0.3) is 0 Å². The molecule has 0 bridgehead atoms. The molecule has 1 saturated carbocycles. The maximum absolute atomic E-state index is 6.02. The Morgan fingerprint density at radius 1 is 0.467 bits per heavy atom. The van der Waals surface area contributed by atoms with Crippen molar-refractivity contribution in [2.75, 3.05) is 0 Å². The lowest BCUT2D eigenvalue weighted by atomic mass is 9.71. The molecule has 1 fully saturated rings. The first-order valence-corrected chi connectivity index (χ1v) is 6.45. The molecule has 3 heteroatoms. The second-order valence-electron chi connectivity index (χ2n) is 5.07. The van der Waals surface area contributed by atoms with E-state index in [1.165, 1.54) is 19.3 Å². The molecule has 78 valence electrons. The molecule has 0 spiro atoms. The van der Waals surface area contributed by atoms with E-state index < -0.39 is 0 Å². The average Bonchev–Trinajstić information content (AvgIpc) is 2.16. The Labute approximate surface area is 99.2 Å². The van der Waals surface area contributed by atoms with Crippen molar-refractivity contribution in [2.45, 2.75) is 75.2 Å². The summed E-state index contributed by atoms with van der Waals surface area (Å²) in [5.74, 6) is 1.09. The third kappa shape index (κ3) is 6.38. The molecular formula is C12H21B3. The van der Waals surface area contributed by atoms with Crippen molar-refractivity contribution < 1.29 is 0 Å². The van der Waals surface area contributed by atoms with Gasteiger partial charge in [0.25, 0.3) is 0 Å². The first-order chi connectivity index (χ1) is 7.18. The predicted octanol–water partition coefficient (Wildman–Crippen LogP) is 3.38. The Morgan fingerprint density at radius 2 is 0.667 bits per heavy atom. The molecule has 0 heterocycles. The summed E-state index contributed by atoms with van der Waals surface area (Å²) in [4.78, 5) is 0. The molecule has 0 unspecified atom stereocenters. The molecule has 1 aliphatic rings. The minimum atomic E-state index is 0.365. The van der Waals surface area contributed by atoms with Crippen LogP contribution in [-0.4, -0.2) is 23.5 Å². The van der Waals surface area contributed by atoms with Crippen LogP contribution in [0.5, 0.6) is 0 Å². The molecule has 6 radical (unpaired) electrons. The summed E-state index contributed by atoms with van der Waals surface area (Å²) in [7, 11) is 18.1. The summed E-state index contributed by atoms with van der Waals surface area (Å²) in [5, 5.41) is 0. The summed E-state index contributed by atoms with van der Waals surface area (Å²) in [5.41, 5.74) is 0. The fourth-order valence-corrected chi connectivity index (χ4v) is 2.36. The van der Waals surface area contributed by atoms with Crippen molar-refractivity contribution in [3.8, 4) is 0 Å². The number of hydrogen-bond donors (Lipinski definition) is 0. The lowest BCUT2D eigenvalue weighted by Crippen LogP contribution is -2.02. The topological polar surface area (TPSA) is 0 Å². The van der Waals surface area contributed by atoms with Gasteiger partial charge in [0.2, 0.25) is 0 Å². The van der Waals surface area contributed by atoms with Crippen LogP contribution in [0.4, 0.5) is 0 Å². The highest BCUT2D eigenvalue weighted by Crippen LogP contribution is 2.28. The van der Waals surface area contributed by atoms with E-state index in [4.69, 9.17) is 23.5 Å². The third-order valence-corrected chi connectivity index (χ3v) is 3.45. The lowest BCUT2D eigenvalue weighted by molar-refractivity contribution is 0.504. The van der Waals surface area contributed by atoms with Gasteiger partial charge in [-0.1, -0.05) is 75.2 Å². The van der Waals surface area contributed by atoms with Gasteiger partial charge in [-0.05, 0) is 0 Å². The molecule has 0 saturated heterocycles. The van der Waals surface area contributed by atoms with Crippen molar-refractivity contribution in [2.24, 2.45) is 0 Å². The fraction of sp³-hybridized carbons (Fsp3) is 1.00. The van der Waals surface area contributed by atoms with Crippen molar-refractivity contribution in [3.63, 3.8) is 0 Å². The number of hydrogen-bond acceptors (Lipinski definition) is 0. The molecule has 0 aromatic carbocycles. The van der Waals surface area contributed by atoms with Crippen LogP contribution in [0, 0.1) is 0 Å². The standard InChI is InChI=1S/C12H21B3/c13-10-4-1-5-11(14)7-3-9-12(15)8-2-6-10/h10-12H,1-9H2. The Bertz CT molecular complexity index is 120. The SMILES string of the molecule is [B]C1CCCC([B])CCCC([B])CCC1. The highest BCUT2D eigenvalue weighted by molar-refractivity contribution is 6.12. The molecule has 0 aliphatic heterocycles. The lowest BCUT2D eigenvalue weighted by Gasteiger charge is -2.19. The predicted molar refractivity (Wildman–Crippen MR) is 70.1 cm³/mol. The van der Waals surface area contributed by atoms with E-state index in [-0.39, 0.29) is 0 Å². The van der Waals surface area contributed by atoms with Gasteiger partial charge in [-0.25, -0.2) is 0 Å². The van der Waals surface area contributed by atoms with Crippen LogP contribution in [0.15, 0.2) is 0 Å². The summed E-state index contributed by atoms with van der Waals surface area (Å²) in [6.07, 6.45) is 10.3. The monoisotopic (exact) mass is 198 g/mol. The van der Waals surface area contributed by atoms with Gasteiger partial charge < -0.3 is 0 Å². The van der Waals surface area contributed by atoms with Gasteiger partial charge in [0.15, 0.2) is 0 Å². The fourth-order valence-electron chi connectivity index (χ4n) is 2.36. The van der Waals surface area contributed by atoms with Gasteiger partial charge in [0.05, 0.1) is 23.5 Å². The van der Waals surface area contributed by atoms with E-state index in [1.54, 1.807) is 0 Å². The molecule has 0 N–H and O–H groups in total. The first kappa shape index (κ1) is 13.3.